The number of fused-ring (bicyclic) bond motifs is 2. The molecule has 1 fully saturated rings. The van der Waals surface area contributed by atoms with Crippen LogP contribution in [-0.4, -0.2) is 12.6 Å². The van der Waals surface area contributed by atoms with Gasteiger partial charge in [-0.15, -0.1) is 0 Å². The smallest absolute Gasteiger partial charge is 0.312 e. The summed E-state index contributed by atoms with van der Waals surface area (Å²) >= 11 is 0. The Hall–Kier alpha value is -0.790. The average molecular weight is 208 g/mol. The number of carbonyl (C=O) groups is 1. The Morgan fingerprint density at radius 2 is 2.27 bits per heavy atom. The van der Waals surface area contributed by atoms with Crippen molar-refractivity contribution >= 4 is 5.97 Å². The SMILES string of the molecule is CCOC(=O)C1(C(C)C)CC2C=CC1C2. The van der Waals surface area contributed by atoms with Crippen molar-refractivity contribution in [2.75, 3.05) is 6.61 Å². The first kappa shape index (κ1) is 10.7. The highest BCUT2D eigenvalue weighted by Crippen LogP contribution is 2.56. The van der Waals surface area contributed by atoms with Gasteiger partial charge in [0.1, 0.15) is 0 Å². The third-order valence-corrected chi connectivity index (χ3v) is 4.12. The predicted molar refractivity (Wildman–Crippen MR) is 59.3 cm³/mol. The van der Waals surface area contributed by atoms with E-state index in [2.05, 4.69) is 26.0 Å². The quantitative estimate of drug-likeness (QED) is 0.526. The van der Waals surface area contributed by atoms with Crippen molar-refractivity contribution in [3.8, 4) is 0 Å². The number of hydrogen-bond donors (Lipinski definition) is 0. The minimum absolute atomic E-state index is 0.0249. The Morgan fingerprint density at radius 1 is 1.53 bits per heavy atom. The molecule has 2 aliphatic carbocycles. The van der Waals surface area contributed by atoms with Gasteiger partial charge in [0, 0.05) is 0 Å². The molecular formula is C13H20O2. The van der Waals surface area contributed by atoms with Gasteiger partial charge in [-0.05, 0) is 37.5 Å². The monoisotopic (exact) mass is 208 g/mol. The van der Waals surface area contributed by atoms with Gasteiger partial charge in [-0.2, -0.15) is 0 Å². The number of carbonyl (C=O) groups excluding carboxylic acids is 1. The van der Waals surface area contributed by atoms with Gasteiger partial charge >= 0.3 is 5.97 Å². The Bertz CT molecular complexity index is 293. The average Bonchev–Trinajstić information content (AvgIpc) is 2.77. The van der Waals surface area contributed by atoms with E-state index in [0.717, 1.165) is 12.8 Å². The third kappa shape index (κ3) is 1.42. The number of hydrogen-bond acceptors (Lipinski definition) is 2. The zero-order valence-corrected chi connectivity index (χ0v) is 9.82. The molecule has 1 saturated carbocycles. The topological polar surface area (TPSA) is 26.3 Å². The van der Waals surface area contributed by atoms with Crippen molar-refractivity contribution in [1.82, 2.24) is 0 Å². The van der Waals surface area contributed by atoms with Crippen molar-refractivity contribution in [2.45, 2.75) is 33.6 Å². The summed E-state index contributed by atoms with van der Waals surface area (Å²) in [5.74, 6) is 1.43. The Morgan fingerprint density at radius 3 is 2.67 bits per heavy atom. The normalized spacial score (nSPS) is 37.6. The molecule has 0 aromatic heterocycles. The summed E-state index contributed by atoms with van der Waals surface area (Å²) in [7, 11) is 0. The third-order valence-electron chi connectivity index (χ3n) is 4.12. The maximum Gasteiger partial charge on any atom is 0.312 e. The second-order valence-electron chi connectivity index (χ2n) is 5.11. The zero-order chi connectivity index (χ0) is 11.1. The van der Waals surface area contributed by atoms with E-state index in [1.54, 1.807) is 0 Å². The maximum atomic E-state index is 12.1. The highest BCUT2D eigenvalue weighted by Gasteiger charge is 2.56. The molecule has 0 saturated heterocycles. The lowest BCUT2D eigenvalue weighted by Crippen LogP contribution is -2.41. The number of allylic oxidation sites excluding steroid dienone is 2. The Balaban J connectivity index is 2.26. The van der Waals surface area contributed by atoms with Gasteiger partial charge in [-0.25, -0.2) is 0 Å². The molecule has 2 bridgehead atoms. The predicted octanol–water partition coefficient (Wildman–Crippen LogP) is 2.79. The molecule has 3 atom stereocenters. The minimum Gasteiger partial charge on any atom is -0.466 e. The molecule has 15 heavy (non-hydrogen) atoms. The molecule has 2 aliphatic rings. The molecule has 0 aliphatic heterocycles. The van der Waals surface area contributed by atoms with Gasteiger partial charge < -0.3 is 4.74 Å². The first-order valence-electron chi connectivity index (χ1n) is 5.96. The van der Waals surface area contributed by atoms with E-state index in [4.69, 9.17) is 4.74 Å². The van der Waals surface area contributed by atoms with Crippen molar-refractivity contribution < 1.29 is 9.53 Å². The number of rotatable bonds is 3. The van der Waals surface area contributed by atoms with Crippen LogP contribution in [0.5, 0.6) is 0 Å². The fourth-order valence-electron chi connectivity index (χ4n) is 3.29. The lowest BCUT2D eigenvalue weighted by atomic mass is 9.68. The molecule has 0 aromatic rings. The van der Waals surface area contributed by atoms with Crippen LogP contribution in [0.15, 0.2) is 12.2 Å². The van der Waals surface area contributed by atoms with Crippen LogP contribution in [0.1, 0.15) is 33.6 Å². The molecular weight excluding hydrogens is 188 g/mol. The van der Waals surface area contributed by atoms with Crippen LogP contribution in [0.3, 0.4) is 0 Å². The number of ether oxygens (including phenoxy) is 1. The summed E-state index contributed by atoms with van der Waals surface area (Å²) in [6, 6.07) is 0. The van der Waals surface area contributed by atoms with Crippen LogP contribution in [0, 0.1) is 23.2 Å². The lowest BCUT2D eigenvalue weighted by molar-refractivity contribution is -0.160. The fourth-order valence-corrected chi connectivity index (χ4v) is 3.29. The molecule has 2 rings (SSSR count). The summed E-state index contributed by atoms with van der Waals surface area (Å²) in [6.07, 6.45) is 6.64. The first-order valence-corrected chi connectivity index (χ1v) is 5.96. The number of esters is 1. The van der Waals surface area contributed by atoms with Crippen molar-refractivity contribution in [2.24, 2.45) is 23.2 Å². The fraction of sp³-hybridized carbons (Fsp3) is 0.769. The second-order valence-corrected chi connectivity index (χ2v) is 5.11. The summed E-state index contributed by atoms with van der Waals surface area (Å²) in [5, 5.41) is 0. The highest BCUT2D eigenvalue weighted by atomic mass is 16.5. The molecule has 0 heterocycles. The molecule has 0 aromatic carbocycles. The van der Waals surface area contributed by atoms with Crippen molar-refractivity contribution in [3.05, 3.63) is 12.2 Å². The molecule has 0 radical (unpaired) electrons. The maximum absolute atomic E-state index is 12.1. The summed E-state index contributed by atoms with van der Waals surface area (Å²) in [4.78, 5) is 12.1. The highest BCUT2D eigenvalue weighted by molar-refractivity contribution is 5.79. The van der Waals surface area contributed by atoms with Gasteiger partial charge in [0.2, 0.25) is 0 Å². The van der Waals surface area contributed by atoms with E-state index < -0.39 is 0 Å². The van der Waals surface area contributed by atoms with E-state index in [1.807, 2.05) is 6.92 Å². The Labute approximate surface area is 91.7 Å². The van der Waals surface area contributed by atoms with E-state index in [0.29, 0.717) is 24.4 Å². The van der Waals surface area contributed by atoms with Gasteiger partial charge in [-0.1, -0.05) is 26.0 Å². The molecule has 84 valence electrons. The Kier molecular flexibility index (Phi) is 2.61. The summed E-state index contributed by atoms with van der Waals surface area (Å²) in [6.45, 7) is 6.67. The molecule has 3 unspecified atom stereocenters. The van der Waals surface area contributed by atoms with Crippen LogP contribution in [0.2, 0.25) is 0 Å². The first-order chi connectivity index (χ1) is 7.11. The molecule has 0 amide bonds. The molecule has 0 N–H and O–H groups in total. The van der Waals surface area contributed by atoms with E-state index in [9.17, 15) is 4.79 Å². The van der Waals surface area contributed by atoms with Crippen LogP contribution in [0.4, 0.5) is 0 Å². The lowest BCUT2D eigenvalue weighted by Gasteiger charge is -2.36. The largest absolute Gasteiger partial charge is 0.466 e. The van der Waals surface area contributed by atoms with E-state index in [-0.39, 0.29) is 11.4 Å². The summed E-state index contributed by atoms with van der Waals surface area (Å²) < 4.78 is 5.27. The van der Waals surface area contributed by atoms with E-state index in [1.165, 1.54) is 0 Å². The van der Waals surface area contributed by atoms with Gasteiger partial charge in [0.15, 0.2) is 0 Å². The second kappa shape index (κ2) is 3.66. The molecule has 0 spiro atoms. The van der Waals surface area contributed by atoms with Crippen LogP contribution in [-0.2, 0) is 9.53 Å². The molecule has 2 heteroatoms. The minimum atomic E-state index is -0.227. The van der Waals surface area contributed by atoms with Gasteiger partial charge in [0.25, 0.3) is 0 Å². The van der Waals surface area contributed by atoms with Crippen LogP contribution >= 0.6 is 0 Å². The van der Waals surface area contributed by atoms with Crippen LogP contribution < -0.4 is 0 Å². The van der Waals surface area contributed by atoms with Crippen LogP contribution in [0.25, 0.3) is 0 Å². The van der Waals surface area contributed by atoms with E-state index >= 15 is 0 Å². The zero-order valence-electron chi connectivity index (χ0n) is 9.82. The van der Waals surface area contributed by atoms with Gasteiger partial charge in [-0.3, -0.25) is 4.79 Å². The van der Waals surface area contributed by atoms with Crippen molar-refractivity contribution in [1.29, 1.82) is 0 Å². The van der Waals surface area contributed by atoms with Crippen molar-refractivity contribution in [3.63, 3.8) is 0 Å². The van der Waals surface area contributed by atoms with Gasteiger partial charge in [0.05, 0.1) is 12.0 Å². The molecule has 2 nitrogen and oxygen atoms in total. The summed E-state index contributed by atoms with van der Waals surface area (Å²) in [5.41, 5.74) is -0.227. The standard InChI is InChI=1S/C13H20O2/c1-4-15-12(14)13(9(2)3)8-10-5-6-11(13)7-10/h5-6,9-11H,4,7-8H2,1-3H3.